The number of benzene rings is 1. The SMILES string of the molecule is CC(NC1CCS(=O)(=O)C1)c1ccc(F)cc1. The Morgan fingerprint density at radius 3 is 2.53 bits per heavy atom. The quantitative estimate of drug-likeness (QED) is 0.896. The van der Waals surface area contributed by atoms with Gasteiger partial charge in [-0.05, 0) is 31.0 Å². The highest BCUT2D eigenvalue weighted by Crippen LogP contribution is 2.18. The number of rotatable bonds is 3. The maximum absolute atomic E-state index is 12.8. The molecule has 0 amide bonds. The van der Waals surface area contributed by atoms with E-state index in [1.807, 2.05) is 6.92 Å². The van der Waals surface area contributed by atoms with E-state index in [-0.39, 0.29) is 29.4 Å². The van der Waals surface area contributed by atoms with Gasteiger partial charge in [-0.25, -0.2) is 12.8 Å². The molecule has 2 unspecified atom stereocenters. The van der Waals surface area contributed by atoms with E-state index in [4.69, 9.17) is 0 Å². The van der Waals surface area contributed by atoms with Crippen LogP contribution in [0.2, 0.25) is 0 Å². The maximum Gasteiger partial charge on any atom is 0.151 e. The van der Waals surface area contributed by atoms with Crippen molar-refractivity contribution in [2.24, 2.45) is 0 Å². The zero-order chi connectivity index (χ0) is 12.5. The van der Waals surface area contributed by atoms with Crippen molar-refractivity contribution in [1.29, 1.82) is 0 Å². The van der Waals surface area contributed by atoms with Gasteiger partial charge in [0.25, 0.3) is 0 Å². The highest BCUT2D eigenvalue weighted by Gasteiger charge is 2.28. The highest BCUT2D eigenvalue weighted by atomic mass is 32.2. The van der Waals surface area contributed by atoms with Crippen LogP contribution in [-0.2, 0) is 9.84 Å². The first-order chi connectivity index (χ1) is 7.96. The molecule has 94 valence electrons. The minimum atomic E-state index is -2.85. The van der Waals surface area contributed by atoms with Crippen molar-refractivity contribution in [1.82, 2.24) is 5.32 Å². The topological polar surface area (TPSA) is 46.2 Å². The van der Waals surface area contributed by atoms with Crippen LogP contribution in [0.5, 0.6) is 0 Å². The molecule has 1 aromatic rings. The summed E-state index contributed by atoms with van der Waals surface area (Å²) in [7, 11) is -2.85. The van der Waals surface area contributed by atoms with Crippen LogP contribution >= 0.6 is 0 Å². The lowest BCUT2D eigenvalue weighted by atomic mass is 10.1. The van der Waals surface area contributed by atoms with Gasteiger partial charge >= 0.3 is 0 Å². The summed E-state index contributed by atoms with van der Waals surface area (Å²) in [6, 6.07) is 6.32. The van der Waals surface area contributed by atoms with Gasteiger partial charge in [0, 0.05) is 12.1 Å². The molecule has 0 saturated carbocycles. The Kier molecular flexibility index (Phi) is 3.49. The van der Waals surface area contributed by atoms with Gasteiger partial charge in [0.1, 0.15) is 5.82 Å². The van der Waals surface area contributed by atoms with E-state index in [1.54, 1.807) is 12.1 Å². The van der Waals surface area contributed by atoms with Crippen LogP contribution in [0.3, 0.4) is 0 Å². The van der Waals surface area contributed by atoms with Gasteiger partial charge in [0.15, 0.2) is 9.84 Å². The van der Waals surface area contributed by atoms with Crippen molar-refractivity contribution in [2.45, 2.75) is 25.4 Å². The first-order valence-corrected chi connectivity index (χ1v) is 7.50. The van der Waals surface area contributed by atoms with E-state index >= 15 is 0 Å². The van der Waals surface area contributed by atoms with Crippen LogP contribution in [0.4, 0.5) is 4.39 Å². The third-order valence-electron chi connectivity index (χ3n) is 3.09. The van der Waals surface area contributed by atoms with E-state index in [0.717, 1.165) is 5.56 Å². The van der Waals surface area contributed by atoms with Crippen molar-refractivity contribution < 1.29 is 12.8 Å². The van der Waals surface area contributed by atoms with Gasteiger partial charge in [0.2, 0.25) is 0 Å². The summed E-state index contributed by atoms with van der Waals surface area (Å²) < 4.78 is 35.4. The summed E-state index contributed by atoms with van der Waals surface area (Å²) in [5, 5.41) is 3.27. The Balaban J connectivity index is 1.98. The largest absolute Gasteiger partial charge is 0.306 e. The molecule has 1 aliphatic rings. The molecule has 1 aromatic carbocycles. The number of nitrogens with one attached hydrogen (secondary N) is 1. The molecule has 0 aliphatic carbocycles. The first kappa shape index (κ1) is 12.5. The summed E-state index contributed by atoms with van der Waals surface area (Å²) in [5.74, 6) is 0.212. The lowest BCUT2D eigenvalue weighted by Gasteiger charge is -2.18. The summed E-state index contributed by atoms with van der Waals surface area (Å²) >= 11 is 0. The highest BCUT2D eigenvalue weighted by molar-refractivity contribution is 7.91. The molecular weight excluding hydrogens is 241 g/mol. The average molecular weight is 257 g/mol. The standard InChI is InChI=1S/C12H16FNO2S/c1-9(10-2-4-11(13)5-3-10)14-12-6-7-17(15,16)8-12/h2-5,9,12,14H,6-8H2,1H3. The van der Waals surface area contributed by atoms with Crippen LogP contribution in [0.1, 0.15) is 24.9 Å². The van der Waals surface area contributed by atoms with E-state index in [2.05, 4.69) is 5.32 Å². The van der Waals surface area contributed by atoms with Crippen LogP contribution in [-0.4, -0.2) is 26.0 Å². The summed E-state index contributed by atoms with van der Waals surface area (Å²) in [4.78, 5) is 0. The van der Waals surface area contributed by atoms with Crippen LogP contribution in [0, 0.1) is 5.82 Å². The lowest BCUT2D eigenvalue weighted by Crippen LogP contribution is -2.32. The van der Waals surface area contributed by atoms with Gasteiger partial charge in [-0.15, -0.1) is 0 Å². The van der Waals surface area contributed by atoms with Crippen molar-refractivity contribution in [2.75, 3.05) is 11.5 Å². The number of halogens is 1. The molecule has 0 radical (unpaired) electrons. The molecule has 2 rings (SSSR count). The summed E-state index contributed by atoms with van der Waals surface area (Å²) in [5.41, 5.74) is 0.968. The fourth-order valence-electron chi connectivity index (χ4n) is 2.13. The molecule has 1 heterocycles. The van der Waals surface area contributed by atoms with Gasteiger partial charge in [-0.2, -0.15) is 0 Å². The monoisotopic (exact) mass is 257 g/mol. The second kappa shape index (κ2) is 4.74. The van der Waals surface area contributed by atoms with Crippen LogP contribution < -0.4 is 5.32 Å². The Morgan fingerprint density at radius 2 is 2.00 bits per heavy atom. The normalized spacial score (nSPS) is 24.7. The van der Waals surface area contributed by atoms with Gasteiger partial charge in [-0.1, -0.05) is 12.1 Å². The molecule has 1 fully saturated rings. The van der Waals surface area contributed by atoms with Gasteiger partial charge in [0.05, 0.1) is 11.5 Å². The minimum absolute atomic E-state index is 0.0139. The molecule has 0 bridgehead atoms. The Morgan fingerprint density at radius 1 is 1.35 bits per heavy atom. The van der Waals surface area contributed by atoms with Crippen molar-refractivity contribution in [3.8, 4) is 0 Å². The zero-order valence-electron chi connectivity index (χ0n) is 9.69. The van der Waals surface area contributed by atoms with Crippen LogP contribution in [0.25, 0.3) is 0 Å². The number of hydrogen-bond donors (Lipinski definition) is 1. The van der Waals surface area contributed by atoms with E-state index in [9.17, 15) is 12.8 Å². The number of sulfone groups is 1. The van der Waals surface area contributed by atoms with Gasteiger partial charge in [-0.3, -0.25) is 0 Å². The molecule has 0 aromatic heterocycles. The van der Waals surface area contributed by atoms with Crippen molar-refractivity contribution in [3.63, 3.8) is 0 Å². The van der Waals surface area contributed by atoms with Crippen LogP contribution in [0.15, 0.2) is 24.3 Å². The summed E-state index contributed by atoms with van der Waals surface area (Å²) in [6.07, 6.45) is 0.661. The predicted molar refractivity (Wildman–Crippen MR) is 65.0 cm³/mol. The minimum Gasteiger partial charge on any atom is -0.306 e. The predicted octanol–water partition coefficient (Wildman–Crippen LogP) is 1.66. The fourth-order valence-corrected chi connectivity index (χ4v) is 3.81. The third-order valence-corrected chi connectivity index (χ3v) is 4.86. The Labute approximate surface area is 101 Å². The van der Waals surface area contributed by atoms with E-state index in [0.29, 0.717) is 6.42 Å². The molecule has 3 nitrogen and oxygen atoms in total. The van der Waals surface area contributed by atoms with Crippen molar-refractivity contribution >= 4 is 9.84 Å². The Bertz CT molecular complexity index is 484. The van der Waals surface area contributed by atoms with Gasteiger partial charge < -0.3 is 5.32 Å². The lowest BCUT2D eigenvalue weighted by molar-refractivity contribution is 0.484. The zero-order valence-corrected chi connectivity index (χ0v) is 10.5. The number of hydrogen-bond acceptors (Lipinski definition) is 3. The average Bonchev–Trinajstić information content (AvgIpc) is 2.59. The summed E-state index contributed by atoms with van der Waals surface area (Å²) in [6.45, 7) is 1.96. The Hall–Kier alpha value is -0.940. The molecule has 0 spiro atoms. The molecule has 2 atom stereocenters. The molecule has 5 heteroatoms. The van der Waals surface area contributed by atoms with E-state index in [1.165, 1.54) is 12.1 Å². The third kappa shape index (κ3) is 3.26. The molecule has 1 saturated heterocycles. The molecule has 1 aliphatic heterocycles. The fraction of sp³-hybridized carbons (Fsp3) is 0.500. The molecular formula is C12H16FNO2S. The second-order valence-corrected chi connectivity index (χ2v) is 6.77. The van der Waals surface area contributed by atoms with Crippen molar-refractivity contribution in [3.05, 3.63) is 35.6 Å². The molecule has 17 heavy (non-hydrogen) atoms. The first-order valence-electron chi connectivity index (χ1n) is 5.68. The smallest absolute Gasteiger partial charge is 0.151 e. The maximum atomic E-state index is 12.8. The second-order valence-electron chi connectivity index (χ2n) is 4.54. The van der Waals surface area contributed by atoms with E-state index < -0.39 is 9.84 Å². The molecule has 1 N–H and O–H groups in total.